The topological polar surface area (TPSA) is 86.6 Å². The van der Waals surface area contributed by atoms with Gasteiger partial charge in [0, 0.05) is 6.42 Å². The van der Waals surface area contributed by atoms with Gasteiger partial charge in [-0.2, -0.15) is 0 Å². The minimum Gasteiger partial charge on any atom is -0.385 e. The number of amides is 1. The smallest absolute Gasteiger partial charge is 0.243 e. The molecule has 0 aromatic rings. The Hall–Kier alpha value is -1.20. The molecule has 5 nitrogen and oxygen atoms in total. The summed E-state index contributed by atoms with van der Waals surface area (Å²) in [6.45, 7) is 4.99. The Balaban J connectivity index is 3.64. The summed E-state index contributed by atoms with van der Waals surface area (Å²) in [5, 5.41) is 17.5. The molecular weight excluding hydrogens is 198 g/mol. The predicted molar refractivity (Wildman–Crippen MR) is 54.2 cm³/mol. The molecule has 0 saturated carbocycles. The van der Waals surface area contributed by atoms with E-state index in [-0.39, 0.29) is 12.2 Å². The Morgan fingerprint density at radius 2 is 2.00 bits per heavy atom. The van der Waals surface area contributed by atoms with Gasteiger partial charge in [-0.25, -0.2) is 5.48 Å². The number of nitrogens with one attached hydrogen (secondary N) is 1. The van der Waals surface area contributed by atoms with Crippen LogP contribution < -0.4 is 5.48 Å². The summed E-state index contributed by atoms with van der Waals surface area (Å²) in [6.07, 6.45) is 0.537. The van der Waals surface area contributed by atoms with E-state index in [1.54, 1.807) is 6.92 Å². The monoisotopic (exact) mass is 215 g/mol. The third kappa shape index (κ3) is 5.98. The molecule has 0 saturated heterocycles. The van der Waals surface area contributed by atoms with E-state index in [1.165, 1.54) is 5.48 Å². The minimum absolute atomic E-state index is 0.185. The maximum atomic E-state index is 11.2. The van der Waals surface area contributed by atoms with Gasteiger partial charge in [-0.15, -0.1) is 0 Å². The number of hydrogen-bond donors (Lipinski definition) is 3. The number of ketones is 1. The van der Waals surface area contributed by atoms with Crippen molar-refractivity contribution in [2.24, 2.45) is 0 Å². The largest absolute Gasteiger partial charge is 0.385 e. The van der Waals surface area contributed by atoms with E-state index in [0.717, 1.165) is 0 Å². The van der Waals surface area contributed by atoms with Crippen molar-refractivity contribution >= 4 is 11.7 Å². The van der Waals surface area contributed by atoms with Gasteiger partial charge < -0.3 is 5.11 Å². The first kappa shape index (κ1) is 13.8. The molecule has 5 heteroatoms. The lowest BCUT2D eigenvalue weighted by atomic mass is 10.0. The van der Waals surface area contributed by atoms with Crippen LogP contribution in [0.15, 0.2) is 12.2 Å². The summed E-state index contributed by atoms with van der Waals surface area (Å²) < 4.78 is 0. The van der Waals surface area contributed by atoms with Crippen molar-refractivity contribution in [2.75, 3.05) is 0 Å². The number of Topliss-reactive ketones (excluding diaryl/α,β-unsaturated/α-hetero) is 1. The van der Waals surface area contributed by atoms with Crippen LogP contribution in [0.1, 0.15) is 32.6 Å². The van der Waals surface area contributed by atoms with Gasteiger partial charge in [-0.3, -0.25) is 14.8 Å². The summed E-state index contributed by atoms with van der Waals surface area (Å²) in [6, 6.07) is 0. The Kier molecular flexibility index (Phi) is 6.57. The van der Waals surface area contributed by atoms with Gasteiger partial charge in [0.15, 0.2) is 5.78 Å². The lowest BCUT2D eigenvalue weighted by molar-refractivity contribution is -0.129. The molecule has 0 heterocycles. The maximum Gasteiger partial charge on any atom is 0.243 e. The van der Waals surface area contributed by atoms with Crippen molar-refractivity contribution in [3.8, 4) is 0 Å². The highest BCUT2D eigenvalue weighted by Crippen LogP contribution is 2.07. The fourth-order valence-electron chi connectivity index (χ4n) is 1.09. The van der Waals surface area contributed by atoms with E-state index in [2.05, 4.69) is 6.58 Å². The highest BCUT2D eigenvalue weighted by molar-refractivity contribution is 5.97. The second-order valence-electron chi connectivity index (χ2n) is 3.44. The van der Waals surface area contributed by atoms with Crippen LogP contribution in [0.3, 0.4) is 0 Å². The molecule has 1 amide bonds. The van der Waals surface area contributed by atoms with Crippen LogP contribution in [0.25, 0.3) is 0 Å². The number of carbonyl (C=O) groups excluding carboxylic acids is 2. The number of carbonyl (C=O) groups is 2. The van der Waals surface area contributed by atoms with Gasteiger partial charge in [-0.1, -0.05) is 6.58 Å². The van der Waals surface area contributed by atoms with Gasteiger partial charge in [0.1, 0.15) is 6.10 Å². The number of unbranched alkanes of at least 4 members (excludes halogenated alkanes) is 1. The van der Waals surface area contributed by atoms with Crippen LogP contribution >= 0.6 is 0 Å². The van der Waals surface area contributed by atoms with Crippen LogP contribution in [0, 0.1) is 0 Å². The molecule has 1 atom stereocenters. The van der Waals surface area contributed by atoms with Crippen LogP contribution in [0.4, 0.5) is 0 Å². The second kappa shape index (κ2) is 7.14. The van der Waals surface area contributed by atoms with Crippen molar-refractivity contribution in [1.82, 2.24) is 5.48 Å². The maximum absolute atomic E-state index is 11.2. The van der Waals surface area contributed by atoms with Crippen molar-refractivity contribution < 1.29 is 19.9 Å². The highest BCUT2D eigenvalue weighted by atomic mass is 16.5. The molecule has 0 aromatic heterocycles. The van der Waals surface area contributed by atoms with Crippen molar-refractivity contribution in [3.63, 3.8) is 0 Å². The Labute approximate surface area is 88.7 Å². The van der Waals surface area contributed by atoms with Crippen LogP contribution in [0.5, 0.6) is 0 Å². The van der Waals surface area contributed by atoms with Gasteiger partial charge in [0.2, 0.25) is 5.91 Å². The first-order valence-corrected chi connectivity index (χ1v) is 4.79. The predicted octanol–water partition coefficient (Wildman–Crippen LogP) is 0.558. The molecule has 15 heavy (non-hydrogen) atoms. The Morgan fingerprint density at radius 1 is 1.40 bits per heavy atom. The van der Waals surface area contributed by atoms with E-state index in [4.69, 9.17) is 5.21 Å². The number of aliphatic hydroxyl groups excluding tert-OH is 1. The van der Waals surface area contributed by atoms with Gasteiger partial charge >= 0.3 is 0 Å². The van der Waals surface area contributed by atoms with Crippen LogP contribution in [-0.4, -0.2) is 28.1 Å². The van der Waals surface area contributed by atoms with Crippen LogP contribution in [0.2, 0.25) is 0 Å². The zero-order chi connectivity index (χ0) is 11.8. The summed E-state index contributed by atoms with van der Waals surface area (Å²) >= 11 is 0. The van der Waals surface area contributed by atoms with Crippen molar-refractivity contribution in [1.29, 1.82) is 0 Å². The fourth-order valence-corrected chi connectivity index (χ4v) is 1.09. The Morgan fingerprint density at radius 3 is 2.47 bits per heavy atom. The number of hydroxylamine groups is 1. The summed E-state index contributed by atoms with van der Waals surface area (Å²) in [5.74, 6) is -0.822. The Bertz CT molecular complexity index is 250. The molecule has 1 unspecified atom stereocenters. The van der Waals surface area contributed by atoms with Gasteiger partial charge in [0.05, 0.1) is 0 Å². The average Bonchev–Trinajstić information content (AvgIpc) is 2.22. The number of aliphatic hydroxyl groups is 1. The lowest BCUT2D eigenvalue weighted by Crippen LogP contribution is -2.21. The van der Waals surface area contributed by atoms with E-state index < -0.39 is 12.0 Å². The fraction of sp³-hybridized carbons (Fsp3) is 0.600. The molecule has 0 rings (SSSR count). The molecular formula is C10H17NO4. The SMILES string of the molecule is C=C(C)C(=O)C(O)CCCCC(=O)NO. The normalized spacial score (nSPS) is 11.9. The molecule has 86 valence electrons. The molecule has 0 aliphatic rings. The second-order valence-corrected chi connectivity index (χ2v) is 3.44. The zero-order valence-corrected chi connectivity index (χ0v) is 8.82. The van der Waals surface area contributed by atoms with Crippen molar-refractivity contribution in [3.05, 3.63) is 12.2 Å². The number of rotatable bonds is 7. The summed E-state index contributed by atoms with van der Waals surface area (Å²) in [7, 11) is 0. The molecule has 0 aromatic carbocycles. The molecule has 0 aliphatic carbocycles. The first-order chi connectivity index (χ1) is 6.99. The van der Waals surface area contributed by atoms with Crippen molar-refractivity contribution in [2.45, 2.75) is 38.7 Å². The average molecular weight is 215 g/mol. The molecule has 0 radical (unpaired) electrons. The summed E-state index contributed by atoms with van der Waals surface area (Å²) in [5.41, 5.74) is 1.84. The van der Waals surface area contributed by atoms with E-state index in [0.29, 0.717) is 24.8 Å². The molecule has 3 N–H and O–H groups in total. The lowest BCUT2D eigenvalue weighted by Gasteiger charge is -2.08. The van der Waals surface area contributed by atoms with E-state index >= 15 is 0 Å². The standard InChI is InChI=1S/C10H17NO4/c1-7(2)10(14)8(12)5-3-4-6-9(13)11-15/h8,12,15H,1,3-6H2,2H3,(H,11,13). The zero-order valence-electron chi connectivity index (χ0n) is 8.82. The third-order valence-corrected chi connectivity index (χ3v) is 1.98. The molecule has 0 aliphatic heterocycles. The van der Waals surface area contributed by atoms with E-state index in [1.807, 2.05) is 0 Å². The van der Waals surface area contributed by atoms with Crippen LogP contribution in [-0.2, 0) is 9.59 Å². The number of hydrogen-bond acceptors (Lipinski definition) is 4. The quantitative estimate of drug-likeness (QED) is 0.250. The van der Waals surface area contributed by atoms with Gasteiger partial charge in [-0.05, 0) is 31.8 Å². The van der Waals surface area contributed by atoms with Gasteiger partial charge in [0.25, 0.3) is 0 Å². The molecule has 0 spiro atoms. The third-order valence-electron chi connectivity index (χ3n) is 1.98. The van der Waals surface area contributed by atoms with E-state index in [9.17, 15) is 14.7 Å². The molecule has 0 bridgehead atoms. The highest BCUT2D eigenvalue weighted by Gasteiger charge is 2.14. The summed E-state index contributed by atoms with van der Waals surface area (Å²) in [4.78, 5) is 21.8. The first-order valence-electron chi connectivity index (χ1n) is 4.79. The minimum atomic E-state index is -1.03. The molecule has 0 fully saturated rings.